The van der Waals surface area contributed by atoms with E-state index in [1.54, 1.807) is 16.7 Å². The number of anilines is 2. The van der Waals surface area contributed by atoms with Crippen LogP contribution in [0.15, 0.2) is 18.2 Å². The molecule has 2 amide bonds. The van der Waals surface area contributed by atoms with Gasteiger partial charge < -0.3 is 19.3 Å². The van der Waals surface area contributed by atoms with Crippen LogP contribution in [0.25, 0.3) is 0 Å². The molecule has 3 rings (SSSR count). The molecule has 7 heteroatoms. The summed E-state index contributed by atoms with van der Waals surface area (Å²) in [6, 6.07) is 6.10. The molecule has 0 saturated carbocycles. The van der Waals surface area contributed by atoms with Crippen molar-refractivity contribution < 1.29 is 19.1 Å². The summed E-state index contributed by atoms with van der Waals surface area (Å²) in [4.78, 5) is 31.2. The van der Waals surface area contributed by atoms with Gasteiger partial charge in [-0.1, -0.05) is 19.4 Å². The first-order chi connectivity index (χ1) is 15.2. The number of ether oxygens (including phenoxy) is 2. The van der Waals surface area contributed by atoms with Gasteiger partial charge in [-0.05, 0) is 57.9 Å². The average molecular weight is 446 g/mol. The van der Waals surface area contributed by atoms with Crippen molar-refractivity contribution in [2.75, 3.05) is 49.7 Å². The highest BCUT2D eigenvalue weighted by atomic mass is 16.6. The van der Waals surface area contributed by atoms with Gasteiger partial charge in [-0.3, -0.25) is 9.69 Å². The lowest BCUT2D eigenvalue weighted by Gasteiger charge is -2.41. The number of likely N-dealkylation sites (N-methyl/N-ethyl adjacent to an activating group) is 1. The van der Waals surface area contributed by atoms with E-state index >= 15 is 0 Å². The second-order valence-electron chi connectivity index (χ2n) is 9.64. The molecule has 0 aliphatic carbocycles. The van der Waals surface area contributed by atoms with Gasteiger partial charge in [0, 0.05) is 32.5 Å². The van der Waals surface area contributed by atoms with E-state index in [-0.39, 0.29) is 24.1 Å². The molecular weight excluding hydrogens is 406 g/mol. The number of nitrogens with zero attached hydrogens (tertiary/aromatic N) is 3. The van der Waals surface area contributed by atoms with E-state index in [1.165, 1.54) is 5.56 Å². The maximum Gasteiger partial charge on any atom is 0.414 e. The highest BCUT2D eigenvalue weighted by molar-refractivity contribution is 6.02. The molecule has 2 heterocycles. The van der Waals surface area contributed by atoms with Crippen LogP contribution in [0.2, 0.25) is 0 Å². The van der Waals surface area contributed by atoms with Crippen molar-refractivity contribution >= 4 is 23.4 Å². The van der Waals surface area contributed by atoms with Gasteiger partial charge in [0.1, 0.15) is 0 Å². The fraction of sp³-hybridized carbons (Fsp3) is 0.680. The third-order valence-electron chi connectivity index (χ3n) is 6.25. The lowest BCUT2D eigenvalue weighted by Crippen LogP contribution is -2.51. The Labute approximate surface area is 192 Å². The summed E-state index contributed by atoms with van der Waals surface area (Å²) in [5.41, 5.74) is 2.73. The van der Waals surface area contributed by atoms with Crippen molar-refractivity contribution in [1.29, 1.82) is 0 Å². The smallest absolute Gasteiger partial charge is 0.414 e. The summed E-state index contributed by atoms with van der Waals surface area (Å²) >= 11 is 0. The SMILES string of the molecule is CCCC(CN(C)CC1COC1)c1ccc2c(c1)N(C(=O)OC(C)C)CC(C)N2C(C)=O. The second kappa shape index (κ2) is 10.7. The molecule has 7 nitrogen and oxygen atoms in total. The van der Waals surface area contributed by atoms with Crippen molar-refractivity contribution in [2.24, 2.45) is 5.92 Å². The number of carbonyl (C=O) groups excluding carboxylic acids is 2. The summed E-state index contributed by atoms with van der Waals surface area (Å²) in [7, 11) is 2.17. The third kappa shape index (κ3) is 5.62. The lowest BCUT2D eigenvalue weighted by atomic mass is 9.91. The average Bonchev–Trinajstić information content (AvgIpc) is 2.68. The summed E-state index contributed by atoms with van der Waals surface area (Å²) in [5.74, 6) is 0.957. The van der Waals surface area contributed by atoms with Crippen LogP contribution in [0.5, 0.6) is 0 Å². The number of fused-ring (bicyclic) bond motifs is 1. The Morgan fingerprint density at radius 3 is 2.53 bits per heavy atom. The minimum atomic E-state index is -0.359. The van der Waals surface area contributed by atoms with Crippen LogP contribution in [-0.4, -0.2) is 68.9 Å². The van der Waals surface area contributed by atoms with E-state index in [2.05, 4.69) is 31.0 Å². The van der Waals surface area contributed by atoms with Gasteiger partial charge in [0.05, 0.1) is 36.7 Å². The van der Waals surface area contributed by atoms with Gasteiger partial charge in [-0.15, -0.1) is 0 Å². The quantitative estimate of drug-likeness (QED) is 0.598. The van der Waals surface area contributed by atoms with Crippen LogP contribution in [0.4, 0.5) is 16.2 Å². The molecule has 0 bridgehead atoms. The monoisotopic (exact) mass is 445 g/mol. The number of benzene rings is 1. The second-order valence-corrected chi connectivity index (χ2v) is 9.64. The maximum absolute atomic E-state index is 12.9. The molecule has 2 aliphatic heterocycles. The molecule has 32 heavy (non-hydrogen) atoms. The molecule has 0 aromatic heterocycles. The molecule has 1 fully saturated rings. The fourth-order valence-corrected chi connectivity index (χ4v) is 4.81. The molecular formula is C25H39N3O4. The summed E-state index contributed by atoms with van der Waals surface area (Å²) < 4.78 is 10.9. The molecule has 1 aromatic carbocycles. The first-order valence-corrected chi connectivity index (χ1v) is 11.9. The lowest BCUT2D eigenvalue weighted by molar-refractivity contribution is -0.117. The normalized spacial score (nSPS) is 19.7. The Kier molecular flexibility index (Phi) is 8.17. The highest BCUT2D eigenvalue weighted by Gasteiger charge is 2.35. The minimum absolute atomic E-state index is 0.0177. The van der Waals surface area contributed by atoms with E-state index in [0.717, 1.165) is 50.5 Å². The zero-order chi connectivity index (χ0) is 23.4. The number of rotatable bonds is 8. The summed E-state index contributed by atoms with van der Waals surface area (Å²) in [6.07, 6.45) is 1.58. The summed E-state index contributed by atoms with van der Waals surface area (Å²) in [5, 5.41) is 0. The van der Waals surface area contributed by atoms with Crippen LogP contribution in [0.3, 0.4) is 0 Å². The van der Waals surface area contributed by atoms with Gasteiger partial charge in [0.15, 0.2) is 0 Å². The van der Waals surface area contributed by atoms with E-state index in [4.69, 9.17) is 9.47 Å². The van der Waals surface area contributed by atoms with E-state index in [0.29, 0.717) is 18.4 Å². The molecule has 2 aliphatic rings. The van der Waals surface area contributed by atoms with Crippen LogP contribution in [0, 0.1) is 5.92 Å². The Bertz CT molecular complexity index is 808. The zero-order valence-electron chi connectivity index (χ0n) is 20.5. The zero-order valence-corrected chi connectivity index (χ0v) is 20.5. The topological polar surface area (TPSA) is 62.3 Å². The largest absolute Gasteiger partial charge is 0.446 e. The van der Waals surface area contributed by atoms with E-state index in [1.807, 2.05) is 26.8 Å². The maximum atomic E-state index is 12.9. The van der Waals surface area contributed by atoms with Crippen molar-refractivity contribution in [3.63, 3.8) is 0 Å². The van der Waals surface area contributed by atoms with Crippen LogP contribution in [0.1, 0.15) is 58.9 Å². The van der Waals surface area contributed by atoms with Gasteiger partial charge in [0.25, 0.3) is 0 Å². The predicted octanol–water partition coefficient (Wildman–Crippen LogP) is 4.25. The number of carbonyl (C=O) groups is 2. The van der Waals surface area contributed by atoms with Crippen molar-refractivity contribution in [1.82, 2.24) is 4.90 Å². The first kappa shape index (κ1) is 24.5. The first-order valence-electron chi connectivity index (χ1n) is 11.9. The van der Waals surface area contributed by atoms with E-state index < -0.39 is 0 Å². The van der Waals surface area contributed by atoms with Crippen LogP contribution in [-0.2, 0) is 14.3 Å². The Morgan fingerprint density at radius 1 is 1.25 bits per heavy atom. The van der Waals surface area contributed by atoms with Gasteiger partial charge in [-0.2, -0.15) is 0 Å². The van der Waals surface area contributed by atoms with Crippen LogP contribution >= 0.6 is 0 Å². The standard InChI is InChI=1S/C25H39N3O4/c1-7-8-22(14-26(6)13-20-15-31-16-20)21-9-10-23-24(11-21)27(25(30)32-17(2)3)12-18(4)28(23)19(5)29/h9-11,17-18,20,22H,7-8,12-16H2,1-6H3. The molecule has 1 aromatic rings. The molecule has 2 unspecified atom stereocenters. The molecule has 178 valence electrons. The Balaban J connectivity index is 1.91. The minimum Gasteiger partial charge on any atom is -0.446 e. The van der Waals surface area contributed by atoms with Gasteiger partial charge in [-0.25, -0.2) is 4.79 Å². The number of hydrogen-bond donors (Lipinski definition) is 0. The number of amides is 2. The fourth-order valence-electron chi connectivity index (χ4n) is 4.81. The molecule has 1 saturated heterocycles. The molecule has 0 radical (unpaired) electrons. The molecule has 0 spiro atoms. The predicted molar refractivity (Wildman–Crippen MR) is 127 cm³/mol. The van der Waals surface area contributed by atoms with Gasteiger partial charge >= 0.3 is 6.09 Å². The molecule has 2 atom stereocenters. The Hall–Kier alpha value is -2.12. The van der Waals surface area contributed by atoms with Gasteiger partial charge in [0.2, 0.25) is 5.91 Å². The van der Waals surface area contributed by atoms with E-state index in [9.17, 15) is 9.59 Å². The Morgan fingerprint density at radius 2 is 1.97 bits per heavy atom. The van der Waals surface area contributed by atoms with Crippen molar-refractivity contribution in [3.8, 4) is 0 Å². The highest BCUT2D eigenvalue weighted by Crippen LogP contribution is 2.39. The summed E-state index contributed by atoms with van der Waals surface area (Å²) in [6.45, 7) is 13.6. The molecule has 0 N–H and O–H groups in total. The van der Waals surface area contributed by atoms with Crippen LogP contribution < -0.4 is 9.80 Å². The van der Waals surface area contributed by atoms with Crippen molar-refractivity contribution in [2.45, 2.75) is 65.5 Å². The number of hydrogen-bond acceptors (Lipinski definition) is 5. The van der Waals surface area contributed by atoms with Crippen molar-refractivity contribution in [3.05, 3.63) is 23.8 Å². The third-order valence-corrected chi connectivity index (χ3v) is 6.25.